The molecule has 0 fully saturated rings. The van der Waals surface area contributed by atoms with Crippen molar-refractivity contribution in [2.75, 3.05) is 5.32 Å². The fraction of sp³-hybridized carbons (Fsp3) is 0.300. The van der Waals surface area contributed by atoms with Gasteiger partial charge in [-0.1, -0.05) is 13.0 Å². The van der Waals surface area contributed by atoms with E-state index in [0.29, 0.717) is 0 Å². The Morgan fingerprint density at radius 1 is 1.43 bits per heavy atom. The molecule has 0 aliphatic carbocycles. The standard InChI is InChI=1S/C10H12N2S2/c1-2-8-6-11-10(14-8)12-7-9-4-3-5-13-9/h3-6H,2,7H2,1H3,(H,11,12). The number of hydrogen-bond donors (Lipinski definition) is 1. The number of aryl methyl sites for hydroxylation is 1. The van der Waals surface area contributed by atoms with E-state index in [1.54, 1.807) is 22.7 Å². The van der Waals surface area contributed by atoms with Crippen LogP contribution >= 0.6 is 22.7 Å². The van der Waals surface area contributed by atoms with Gasteiger partial charge in [-0.3, -0.25) is 0 Å². The molecule has 14 heavy (non-hydrogen) atoms. The van der Waals surface area contributed by atoms with E-state index >= 15 is 0 Å². The first-order chi connectivity index (χ1) is 6.88. The molecule has 0 radical (unpaired) electrons. The molecule has 0 unspecified atom stereocenters. The third-order valence-corrected chi connectivity index (χ3v) is 3.87. The highest BCUT2D eigenvalue weighted by Gasteiger charge is 1.99. The lowest BCUT2D eigenvalue weighted by Crippen LogP contribution is -1.95. The summed E-state index contributed by atoms with van der Waals surface area (Å²) in [5, 5.41) is 6.44. The van der Waals surface area contributed by atoms with Gasteiger partial charge in [-0.15, -0.1) is 22.7 Å². The van der Waals surface area contributed by atoms with Crippen LogP contribution in [0.3, 0.4) is 0 Å². The fourth-order valence-electron chi connectivity index (χ4n) is 1.13. The summed E-state index contributed by atoms with van der Waals surface area (Å²) in [5.74, 6) is 0. The van der Waals surface area contributed by atoms with E-state index in [9.17, 15) is 0 Å². The zero-order chi connectivity index (χ0) is 9.80. The van der Waals surface area contributed by atoms with Gasteiger partial charge in [0, 0.05) is 16.0 Å². The first-order valence-electron chi connectivity index (χ1n) is 4.59. The Bertz CT molecular complexity index is 378. The summed E-state index contributed by atoms with van der Waals surface area (Å²) in [7, 11) is 0. The molecule has 0 saturated heterocycles. The number of nitrogens with zero attached hydrogens (tertiary/aromatic N) is 1. The van der Waals surface area contributed by atoms with Crippen molar-refractivity contribution >= 4 is 27.8 Å². The number of aromatic nitrogens is 1. The van der Waals surface area contributed by atoms with Gasteiger partial charge in [0.15, 0.2) is 5.13 Å². The van der Waals surface area contributed by atoms with Crippen LogP contribution in [0, 0.1) is 0 Å². The number of anilines is 1. The Labute approximate surface area is 91.6 Å². The van der Waals surface area contributed by atoms with E-state index in [-0.39, 0.29) is 0 Å². The molecule has 0 aliphatic heterocycles. The van der Waals surface area contributed by atoms with E-state index in [1.807, 2.05) is 6.20 Å². The highest BCUT2D eigenvalue weighted by Crippen LogP contribution is 2.19. The van der Waals surface area contributed by atoms with Gasteiger partial charge in [0.25, 0.3) is 0 Å². The molecule has 4 heteroatoms. The van der Waals surface area contributed by atoms with Crippen LogP contribution in [0.5, 0.6) is 0 Å². The second kappa shape index (κ2) is 4.57. The monoisotopic (exact) mass is 224 g/mol. The van der Waals surface area contributed by atoms with Gasteiger partial charge in [0.05, 0.1) is 6.54 Å². The third kappa shape index (κ3) is 2.33. The topological polar surface area (TPSA) is 24.9 Å². The van der Waals surface area contributed by atoms with E-state index in [0.717, 1.165) is 18.1 Å². The van der Waals surface area contributed by atoms with Gasteiger partial charge in [-0.05, 0) is 17.9 Å². The lowest BCUT2D eigenvalue weighted by Gasteiger charge is -1.98. The zero-order valence-electron chi connectivity index (χ0n) is 7.99. The van der Waals surface area contributed by atoms with Crippen LogP contribution in [0.2, 0.25) is 0 Å². The molecule has 0 saturated carbocycles. The third-order valence-electron chi connectivity index (χ3n) is 1.90. The lowest BCUT2D eigenvalue weighted by molar-refractivity contribution is 1.15. The number of thiazole rings is 1. The van der Waals surface area contributed by atoms with Crippen LogP contribution in [0.4, 0.5) is 5.13 Å². The number of nitrogens with one attached hydrogen (secondary N) is 1. The first-order valence-corrected chi connectivity index (χ1v) is 6.29. The van der Waals surface area contributed by atoms with Crippen LogP contribution < -0.4 is 5.32 Å². The Hall–Kier alpha value is -0.870. The van der Waals surface area contributed by atoms with Crippen LogP contribution in [0.1, 0.15) is 16.7 Å². The molecule has 0 bridgehead atoms. The molecule has 0 atom stereocenters. The van der Waals surface area contributed by atoms with Gasteiger partial charge in [0.2, 0.25) is 0 Å². The Balaban J connectivity index is 1.92. The SMILES string of the molecule is CCc1cnc(NCc2cccs2)s1. The maximum atomic E-state index is 4.30. The molecular weight excluding hydrogens is 212 g/mol. The molecule has 0 amide bonds. The average Bonchev–Trinajstić information content (AvgIpc) is 2.86. The molecule has 2 nitrogen and oxygen atoms in total. The Morgan fingerprint density at radius 2 is 2.36 bits per heavy atom. The minimum absolute atomic E-state index is 0.883. The molecule has 1 N–H and O–H groups in total. The van der Waals surface area contributed by atoms with E-state index in [4.69, 9.17) is 0 Å². The van der Waals surface area contributed by atoms with Crippen molar-refractivity contribution in [1.29, 1.82) is 0 Å². The Kier molecular flexibility index (Phi) is 3.16. The van der Waals surface area contributed by atoms with E-state index in [2.05, 4.69) is 34.7 Å². The molecule has 74 valence electrons. The number of hydrogen-bond acceptors (Lipinski definition) is 4. The van der Waals surface area contributed by atoms with Gasteiger partial charge < -0.3 is 5.32 Å². The fourth-order valence-corrected chi connectivity index (χ4v) is 2.52. The largest absolute Gasteiger partial charge is 0.357 e. The second-order valence-corrected chi connectivity index (χ2v) is 5.07. The van der Waals surface area contributed by atoms with Crippen molar-refractivity contribution in [2.45, 2.75) is 19.9 Å². The summed E-state index contributed by atoms with van der Waals surface area (Å²) in [6.45, 7) is 3.03. The maximum Gasteiger partial charge on any atom is 0.183 e. The molecule has 2 rings (SSSR count). The maximum absolute atomic E-state index is 4.30. The highest BCUT2D eigenvalue weighted by molar-refractivity contribution is 7.15. The van der Waals surface area contributed by atoms with Crippen molar-refractivity contribution < 1.29 is 0 Å². The number of thiophene rings is 1. The smallest absolute Gasteiger partial charge is 0.183 e. The molecule has 0 spiro atoms. The van der Waals surface area contributed by atoms with Gasteiger partial charge in [-0.2, -0.15) is 0 Å². The zero-order valence-corrected chi connectivity index (χ0v) is 9.62. The van der Waals surface area contributed by atoms with Crippen molar-refractivity contribution in [3.63, 3.8) is 0 Å². The van der Waals surface area contributed by atoms with Crippen LogP contribution in [-0.2, 0) is 13.0 Å². The van der Waals surface area contributed by atoms with Gasteiger partial charge in [-0.25, -0.2) is 4.98 Å². The molecule has 2 aromatic rings. The summed E-state index contributed by atoms with van der Waals surface area (Å²) < 4.78 is 0. The summed E-state index contributed by atoms with van der Waals surface area (Å²) in [4.78, 5) is 6.98. The second-order valence-electron chi connectivity index (χ2n) is 2.92. The van der Waals surface area contributed by atoms with Gasteiger partial charge >= 0.3 is 0 Å². The molecule has 0 aliphatic rings. The summed E-state index contributed by atoms with van der Waals surface area (Å²) >= 11 is 3.51. The minimum atomic E-state index is 0.883. The van der Waals surface area contributed by atoms with Crippen molar-refractivity contribution in [3.05, 3.63) is 33.5 Å². The van der Waals surface area contributed by atoms with E-state index < -0.39 is 0 Å². The quantitative estimate of drug-likeness (QED) is 0.861. The van der Waals surface area contributed by atoms with Crippen LogP contribution in [0.15, 0.2) is 23.7 Å². The Morgan fingerprint density at radius 3 is 3.00 bits per heavy atom. The minimum Gasteiger partial charge on any atom is -0.357 e. The van der Waals surface area contributed by atoms with Crippen molar-refractivity contribution in [1.82, 2.24) is 4.98 Å². The lowest BCUT2D eigenvalue weighted by atomic mass is 10.4. The number of rotatable bonds is 4. The van der Waals surface area contributed by atoms with Crippen LogP contribution in [-0.4, -0.2) is 4.98 Å². The highest BCUT2D eigenvalue weighted by atomic mass is 32.1. The van der Waals surface area contributed by atoms with Gasteiger partial charge in [0.1, 0.15) is 0 Å². The van der Waals surface area contributed by atoms with Crippen LogP contribution in [0.25, 0.3) is 0 Å². The van der Waals surface area contributed by atoms with Crippen molar-refractivity contribution in [3.8, 4) is 0 Å². The summed E-state index contributed by atoms with van der Waals surface area (Å²) in [5.41, 5.74) is 0. The summed E-state index contributed by atoms with van der Waals surface area (Å²) in [6.07, 6.45) is 3.01. The molecular formula is C10H12N2S2. The average molecular weight is 224 g/mol. The van der Waals surface area contributed by atoms with Crippen molar-refractivity contribution in [2.24, 2.45) is 0 Å². The van der Waals surface area contributed by atoms with E-state index in [1.165, 1.54) is 9.75 Å². The predicted molar refractivity (Wildman–Crippen MR) is 63.1 cm³/mol. The summed E-state index contributed by atoms with van der Waals surface area (Å²) in [6, 6.07) is 4.20. The molecule has 2 aromatic heterocycles. The normalized spacial score (nSPS) is 10.4. The first kappa shape index (κ1) is 9.68. The predicted octanol–water partition coefficient (Wildman–Crippen LogP) is 3.38. The molecule has 0 aromatic carbocycles. The molecule has 2 heterocycles.